The van der Waals surface area contributed by atoms with E-state index in [4.69, 9.17) is 9.52 Å². The van der Waals surface area contributed by atoms with Crippen LogP contribution in [0.4, 0.5) is 23.2 Å². The maximum atomic E-state index is 15.1. The molecule has 0 bridgehead atoms. The molecule has 2 aromatic carbocycles. The van der Waals surface area contributed by atoms with Crippen LogP contribution in [0.5, 0.6) is 11.6 Å². The molecule has 196 valence electrons. The summed E-state index contributed by atoms with van der Waals surface area (Å²) in [6, 6.07) is 8.65. The summed E-state index contributed by atoms with van der Waals surface area (Å²) in [5.74, 6) is -2.05. The SMILES string of the molecule is Cc1c(Oc2nnc(C(F)(F)F)c(C)c2C(=O)Nc2cccc(S(C)(=N)=O)c2)ccc(C2(C)CC2)c1F. The van der Waals surface area contributed by atoms with Crippen molar-refractivity contribution < 1.29 is 31.3 Å². The number of halogens is 4. The Morgan fingerprint density at radius 2 is 1.81 bits per heavy atom. The van der Waals surface area contributed by atoms with Crippen molar-refractivity contribution in [2.24, 2.45) is 0 Å². The highest BCUT2D eigenvalue weighted by Crippen LogP contribution is 2.49. The van der Waals surface area contributed by atoms with Crippen LogP contribution in [0.15, 0.2) is 41.3 Å². The van der Waals surface area contributed by atoms with E-state index in [-0.39, 0.29) is 27.3 Å². The summed E-state index contributed by atoms with van der Waals surface area (Å²) in [4.78, 5) is 13.3. The van der Waals surface area contributed by atoms with Crippen molar-refractivity contribution in [3.63, 3.8) is 0 Å². The molecule has 0 aliphatic heterocycles. The third kappa shape index (κ3) is 5.29. The summed E-state index contributed by atoms with van der Waals surface area (Å²) in [6.45, 7) is 4.46. The van der Waals surface area contributed by atoms with Crippen molar-refractivity contribution >= 4 is 21.3 Å². The quantitative estimate of drug-likeness (QED) is 0.356. The highest BCUT2D eigenvalue weighted by molar-refractivity contribution is 7.91. The van der Waals surface area contributed by atoms with Crippen molar-refractivity contribution in [1.82, 2.24) is 10.2 Å². The van der Waals surface area contributed by atoms with Gasteiger partial charge in [-0.25, -0.2) is 13.4 Å². The minimum Gasteiger partial charge on any atom is -0.437 e. The first-order valence-electron chi connectivity index (χ1n) is 11.2. The lowest BCUT2D eigenvalue weighted by atomic mass is 9.95. The Kier molecular flexibility index (Phi) is 6.51. The molecule has 1 saturated carbocycles. The van der Waals surface area contributed by atoms with Crippen molar-refractivity contribution in [2.75, 3.05) is 11.6 Å². The Labute approximate surface area is 211 Å². The Morgan fingerprint density at radius 3 is 2.41 bits per heavy atom. The summed E-state index contributed by atoms with van der Waals surface area (Å²) in [6.07, 6.45) is -2.02. The second-order valence-electron chi connectivity index (χ2n) is 9.39. The number of nitrogens with one attached hydrogen (secondary N) is 2. The van der Waals surface area contributed by atoms with Crippen LogP contribution in [0, 0.1) is 24.4 Å². The number of benzene rings is 2. The van der Waals surface area contributed by atoms with Crippen LogP contribution in [0.25, 0.3) is 0 Å². The van der Waals surface area contributed by atoms with Gasteiger partial charge in [0.25, 0.3) is 11.8 Å². The monoisotopic (exact) mass is 536 g/mol. The van der Waals surface area contributed by atoms with Gasteiger partial charge in [-0.15, -0.1) is 10.2 Å². The Morgan fingerprint density at radius 1 is 1.14 bits per heavy atom. The summed E-state index contributed by atoms with van der Waals surface area (Å²) in [5.41, 5.74) is -1.98. The highest BCUT2D eigenvalue weighted by atomic mass is 32.2. The molecule has 1 aliphatic carbocycles. The van der Waals surface area contributed by atoms with E-state index in [0.717, 1.165) is 19.8 Å². The number of alkyl halides is 3. The van der Waals surface area contributed by atoms with Gasteiger partial charge in [-0.2, -0.15) is 13.2 Å². The van der Waals surface area contributed by atoms with Gasteiger partial charge < -0.3 is 10.1 Å². The smallest absolute Gasteiger partial charge is 0.435 e. The fourth-order valence-corrected chi connectivity index (χ4v) is 4.61. The highest BCUT2D eigenvalue weighted by Gasteiger charge is 2.42. The molecule has 7 nitrogen and oxygen atoms in total. The van der Waals surface area contributed by atoms with Crippen LogP contribution in [0.2, 0.25) is 0 Å². The Hall–Kier alpha value is -3.54. The van der Waals surface area contributed by atoms with E-state index in [1.165, 1.54) is 43.5 Å². The first kappa shape index (κ1) is 26.5. The van der Waals surface area contributed by atoms with E-state index >= 15 is 4.39 Å². The first-order chi connectivity index (χ1) is 17.1. The summed E-state index contributed by atoms with van der Waals surface area (Å²) < 4.78 is 81.3. The lowest BCUT2D eigenvalue weighted by molar-refractivity contribution is -0.142. The third-order valence-corrected chi connectivity index (χ3v) is 7.57. The van der Waals surface area contributed by atoms with Crippen LogP contribution in [0.3, 0.4) is 0 Å². The minimum atomic E-state index is -4.90. The van der Waals surface area contributed by atoms with Gasteiger partial charge in [-0.05, 0) is 67.5 Å². The minimum absolute atomic E-state index is 0.0186. The van der Waals surface area contributed by atoms with Gasteiger partial charge in [0.2, 0.25) is 0 Å². The lowest BCUT2D eigenvalue weighted by Crippen LogP contribution is -2.21. The van der Waals surface area contributed by atoms with Gasteiger partial charge in [0, 0.05) is 22.4 Å². The molecule has 1 aliphatic rings. The molecule has 0 saturated heterocycles. The number of ether oxygens (including phenoxy) is 1. The summed E-state index contributed by atoms with van der Waals surface area (Å²) >= 11 is 0. The molecular weight excluding hydrogens is 512 g/mol. The summed E-state index contributed by atoms with van der Waals surface area (Å²) in [5, 5.41) is 9.19. The molecule has 37 heavy (non-hydrogen) atoms. The van der Waals surface area contributed by atoms with E-state index in [1.807, 2.05) is 6.92 Å². The Balaban J connectivity index is 1.76. The van der Waals surface area contributed by atoms with Crippen LogP contribution in [-0.2, 0) is 21.3 Å². The van der Waals surface area contributed by atoms with Crippen molar-refractivity contribution in [1.29, 1.82) is 4.78 Å². The molecular formula is C25H24F4N4O3S. The largest absolute Gasteiger partial charge is 0.437 e. The van der Waals surface area contributed by atoms with Crippen LogP contribution >= 0.6 is 0 Å². The van der Waals surface area contributed by atoms with Crippen LogP contribution < -0.4 is 10.1 Å². The van der Waals surface area contributed by atoms with E-state index in [0.29, 0.717) is 5.56 Å². The topological polar surface area (TPSA) is 105 Å². The molecule has 0 radical (unpaired) electrons. The molecule has 2 N–H and O–H groups in total. The van der Waals surface area contributed by atoms with E-state index in [1.54, 1.807) is 6.07 Å². The van der Waals surface area contributed by atoms with Gasteiger partial charge in [0.05, 0.1) is 9.73 Å². The fraction of sp³-hybridized carbons (Fsp3) is 0.320. The number of rotatable bonds is 6. The number of carbonyl (C=O) groups is 1. The first-order valence-corrected chi connectivity index (χ1v) is 13.2. The molecule has 0 spiro atoms. The second kappa shape index (κ2) is 9.09. The number of carbonyl (C=O) groups excluding carboxylic acids is 1. The molecule has 1 heterocycles. The zero-order chi connectivity index (χ0) is 27.3. The maximum absolute atomic E-state index is 15.1. The predicted molar refractivity (Wildman–Crippen MR) is 129 cm³/mol. The molecule has 12 heteroatoms. The van der Waals surface area contributed by atoms with Crippen molar-refractivity contribution in [3.05, 3.63) is 70.2 Å². The van der Waals surface area contributed by atoms with E-state index in [9.17, 15) is 22.2 Å². The molecule has 1 amide bonds. The number of hydrogen-bond acceptors (Lipinski definition) is 6. The van der Waals surface area contributed by atoms with Gasteiger partial charge in [-0.1, -0.05) is 19.1 Å². The van der Waals surface area contributed by atoms with Gasteiger partial charge >= 0.3 is 6.18 Å². The number of hydrogen-bond donors (Lipinski definition) is 2. The average Bonchev–Trinajstić information content (AvgIpc) is 3.53. The maximum Gasteiger partial charge on any atom is 0.435 e. The molecule has 1 atom stereocenters. The number of amides is 1. The van der Waals surface area contributed by atoms with Crippen LogP contribution in [0.1, 0.15) is 52.5 Å². The standard InChI is InChI=1S/C25H24F4N4O3S/c1-13-18(9-8-17(20(13)26)24(3)10-11-24)36-23-19(14(2)21(32-33-23)25(27,28)29)22(34)31-15-6-5-7-16(12-15)37(4,30)35/h5-9,12,30H,10-11H2,1-4H3,(H,31,34). The van der Waals surface area contributed by atoms with Crippen LogP contribution in [-0.4, -0.2) is 26.6 Å². The summed E-state index contributed by atoms with van der Waals surface area (Å²) in [7, 11) is -3.11. The molecule has 1 aromatic heterocycles. The zero-order valence-corrected chi connectivity index (χ0v) is 21.2. The van der Waals surface area contributed by atoms with Crippen molar-refractivity contribution in [2.45, 2.75) is 50.1 Å². The predicted octanol–water partition coefficient (Wildman–Crippen LogP) is 6.38. The van der Waals surface area contributed by atoms with E-state index in [2.05, 4.69) is 15.5 Å². The lowest BCUT2D eigenvalue weighted by Gasteiger charge is -2.18. The normalized spacial score (nSPS) is 16.1. The zero-order valence-electron chi connectivity index (χ0n) is 20.4. The fourth-order valence-electron chi connectivity index (χ4n) is 3.92. The van der Waals surface area contributed by atoms with Gasteiger partial charge in [-0.3, -0.25) is 4.79 Å². The third-order valence-electron chi connectivity index (χ3n) is 6.42. The van der Waals surface area contributed by atoms with Crippen molar-refractivity contribution in [3.8, 4) is 11.6 Å². The Bertz CT molecular complexity index is 1520. The molecule has 1 unspecified atom stereocenters. The van der Waals surface area contributed by atoms with E-state index < -0.39 is 50.3 Å². The second-order valence-corrected chi connectivity index (χ2v) is 11.5. The van der Waals surface area contributed by atoms with Gasteiger partial charge in [0.1, 0.15) is 17.1 Å². The van der Waals surface area contributed by atoms with Gasteiger partial charge in [0.15, 0.2) is 5.69 Å². The molecule has 1 fully saturated rings. The molecule has 3 aromatic rings. The number of aromatic nitrogens is 2. The number of nitrogens with zero attached hydrogens (tertiary/aromatic N) is 2. The molecule has 4 rings (SSSR count). The number of anilines is 1. The average molecular weight is 537 g/mol.